The highest BCUT2D eigenvalue weighted by atomic mass is 16.5. The maximum absolute atomic E-state index is 12.6. The van der Waals surface area contributed by atoms with Gasteiger partial charge in [-0.15, -0.1) is 0 Å². The summed E-state index contributed by atoms with van der Waals surface area (Å²) >= 11 is 0. The Balaban J connectivity index is 1.39. The molecule has 2 heterocycles. The van der Waals surface area contributed by atoms with Gasteiger partial charge in [0.1, 0.15) is 6.61 Å². The first-order chi connectivity index (χ1) is 13.6. The number of ether oxygens (including phenoxy) is 1. The first kappa shape index (κ1) is 18.2. The molecule has 1 atom stereocenters. The van der Waals surface area contributed by atoms with Crippen LogP contribution in [0.3, 0.4) is 0 Å². The maximum Gasteiger partial charge on any atom is 0.253 e. The van der Waals surface area contributed by atoms with Gasteiger partial charge < -0.3 is 19.9 Å². The number of benzene rings is 2. The predicted molar refractivity (Wildman–Crippen MR) is 105 cm³/mol. The third kappa shape index (κ3) is 3.75. The van der Waals surface area contributed by atoms with E-state index in [2.05, 4.69) is 5.32 Å². The lowest BCUT2D eigenvalue weighted by molar-refractivity contribution is -0.125. The first-order valence-corrected chi connectivity index (χ1v) is 9.26. The van der Waals surface area contributed by atoms with Crippen LogP contribution in [0.4, 0.5) is 17.1 Å². The Morgan fingerprint density at radius 1 is 0.929 bits per heavy atom. The standard InChI is InChI=1S/C21H21N3O4/c25-19-12-15(13-24(19)17-4-2-1-3-5-17)21(27)22-16-6-8-18(9-7-16)23-10-11-28-14-20(23)26/h1-9,15H,10-14H2,(H,22,27). The number of amides is 3. The average molecular weight is 379 g/mol. The van der Waals surface area contributed by atoms with Crippen molar-refractivity contribution in [2.75, 3.05) is 41.4 Å². The Bertz CT molecular complexity index is 882. The van der Waals surface area contributed by atoms with Gasteiger partial charge in [0.05, 0.1) is 12.5 Å². The summed E-state index contributed by atoms with van der Waals surface area (Å²) in [6.07, 6.45) is 0.196. The Hall–Kier alpha value is -3.19. The summed E-state index contributed by atoms with van der Waals surface area (Å²) in [7, 11) is 0. The minimum absolute atomic E-state index is 0.0486. The fourth-order valence-electron chi connectivity index (χ4n) is 3.50. The number of nitrogens with one attached hydrogen (secondary N) is 1. The predicted octanol–water partition coefficient (Wildman–Crippen LogP) is 2.04. The molecular formula is C21H21N3O4. The van der Waals surface area contributed by atoms with Crippen LogP contribution in [0.1, 0.15) is 6.42 Å². The van der Waals surface area contributed by atoms with Gasteiger partial charge in [-0.2, -0.15) is 0 Å². The average Bonchev–Trinajstić information content (AvgIpc) is 3.12. The Morgan fingerprint density at radius 2 is 1.64 bits per heavy atom. The van der Waals surface area contributed by atoms with E-state index in [1.54, 1.807) is 34.1 Å². The molecule has 28 heavy (non-hydrogen) atoms. The van der Waals surface area contributed by atoms with Crippen molar-refractivity contribution in [2.45, 2.75) is 6.42 Å². The van der Waals surface area contributed by atoms with Crippen molar-refractivity contribution in [1.29, 1.82) is 0 Å². The molecular weight excluding hydrogens is 358 g/mol. The lowest BCUT2D eigenvalue weighted by Gasteiger charge is -2.27. The molecule has 4 rings (SSSR count). The molecule has 0 aromatic heterocycles. The molecule has 0 aliphatic carbocycles. The quantitative estimate of drug-likeness (QED) is 0.882. The zero-order valence-electron chi connectivity index (χ0n) is 15.3. The second-order valence-electron chi connectivity index (χ2n) is 6.88. The molecule has 2 saturated heterocycles. The van der Waals surface area contributed by atoms with Crippen molar-refractivity contribution < 1.29 is 19.1 Å². The van der Waals surface area contributed by atoms with Gasteiger partial charge in [0.15, 0.2) is 0 Å². The van der Waals surface area contributed by atoms with Crippen LogP contribution in [-0.2, 0) is 19.1 Å². The van der Waals surface area contributed by atoms with Crippen molar-refractivity contribution >= 4 is 34.8 Å². The van der Waals surface area contributed by atoms with Gasteiger partial charge in [-0.3, -0.25) is 14.4 Å². The molecule has 2 fully saturated rings. The van der Waals surface area contributed by atoms with Gasteiger partial charge in [-0.25, -0.2) is 0 Å². The number of anilines is 3. The van der Waals surface area contributed by atoms with Gasteiger partial charge in [0, 0.05) is 36.6 Å². The summed E-state index contributed by atoms with van der Waals surface area (Å²) in [5.74, 6) is -0.698. The van der Waals surface area contributed by atoms with E-state index in [-0.39, 0.29) is 30.7 Å². The number of rotatable bonds is 4. The fourth-order valence-corrected chi connectivity index (χ4v) is 3.50. The summed E-state index contributed by atoms with van der Waals surface area (Å²) in [5, 5.41) is 2.87. The number of hydrogen-bond donors (Lipinski definition) is 1. The highest BCUT2D eigenvalue weighted by Crippen LogP contribution is 2.26. The van der Waals surface area contributed by atoms with Crippen molar-refractivity contribution in [1.82, 2.24) is 0 Å². The SMILES string of the molecule is O=C(Nc1ccc(N2CCOCC2=O)cc1)C1CC(=O)N(c2ccccc2)C1. The van der Waals surface area contributed by atoms with Gasteiger partial charge in [0.25, 0.3) is 5.91 Å². The molecule has 2 aliphatic heterocycles. The number of carbonyl (C=O) groups excluding carboxylic acids is 3. The normalized spacial score (nSPS) is 19.8. The van der Waals surface area contributed by atoms with Gasteiger partial charge in [0.2, 0.25) is 11.8 Å². The van der Waals surface area contributed by atoms with Crippen LogP contribution in [0.25, 0.3) is 0 Å². The third-order valence-corrected chi connectivity index (χ3v) is 5.00. The molecule has 0 bridgehead atoms. The van der Waals surface area contributed by atoms with Crippen LogP contribution in [0.5, 0.6) is 0 Å². The van der Waals surface area contributed by atoms with Crippen LogP contribution < -0.4 is 15.1 Å². The summed E-state index contributed by atoms with van der Waals surface area (Å²) in [5.41, 5.74) is 2.22. The summed E-state index contributed by atoms with van der Waals surface area (Å²) in [6, 6.07) is 16.5. The van der Waals surface area contributed by atoms with Gasteiger partial charge >= 0.3 is 0 Å². The second-order valence-corrected chi connectivity index (χ2v) is 6.88. The molecule has 3 amide bonds. The fraction of sp³-hybridized carbons (Fsp3) is 0.286. The van der Waals surface area contributed by atoms with Crippen LogP contribution in [0, 0.1) is 5.92 Å². The molecule has 7 heteroatoms. The summed E-state index contributed by atoms with van der Waals surface area (Å²) in [6.45, 7) is 1.49. The van der Waals surface area contributed by atoms with Crippen molar-refractivity contribution in [3.8, 4) is 0 Å². The highest BCUT2D eigenvalue weighted by Gasteiger charge is 2.35. The molecule has 7 nitrogen and oxygen atoms in total. The summed E-state index contributed by atoms with van der Waals surface area (Å²) < 4.78 is 5.14. The van der Waals surface area contributed by atoms with E-state index < -0.39 is 5.92 Å². The molecule has 2 aromatic carbocycles. The minimum Gasteiger partial charge on any atom is -0.370 e. The Labute approximate surface area is 162 Å². The van der Waals surface area contributed by atoms with E-state index in [0.717, 1.165) is 11.4 Å². The van der Waals surface area contributed by atoms with E-state index in [1.165, 1.54) is 0 Å². The molecule has 0 spiro atoms. The van der Waals surface area contributed by atoms with Crippen LogP contribution >= 0.6 is 0 Å². The summed E-state index contributed by atoms with van der Waals surface area (Å²) in [4.78, 5) is 40.1. The number of hydrogen-bond acceptors (Lipinski definition) is 4. The van der Waals surface area contributed by atoms with Gasteiger partial charge in [-0.1, -0.05) is 18.2 Å². The van der Waals surface area contributed by atoms with Crippen LogP contribution in [0.2, 0.25) is 0 Å². The first-order valence-electron chi connectivity index (χ1n) is 9.26. The molecule has 1 unspecified atom stereocenters. The lowest BCUT2D eigenvalue weighted by atomic mass is 10.1. The molecule has 0 radical (unpaired) electrons. The minimum atomic E-state index is -0.395. The molecule has 2 aromatic rings. The zero-order chi connectivity index (χ0) is 19.5. The Morgan fingerprint density at radius 3 is 2.36 bits per heavy atom. The monoisotopic (exact) mass is 379 g/mol. The van der Waals surface area contributed by atoms with Crippen LogP contribution in [-0.4, -0.2) is 44.0 Å². The largest absolute Gasteiger partial charge is 0.370 e. The Kier molecular flexibility index (Phi) is 5.08. The highest BCUT2D eigenvalue weighted by molar-refractivity contribution is 6.03. The van der Waals surface area contributed by atoms with E-state index in [9.17, 15) is 14.4 Å². The zero-order valence-corrected chi connectivity index (χ0v) is 15.3. The molecule has 2 aliphatic rings. The maximum atomic E-state index is 12.6. The van der Waals surface area contributed by atoms with Crippen molar-refractivity contribution in [3.63, 3.8) is 0 Å². The van der Waals surface area contributed by atoms with E-state index in [0.29, 0.717) is 25.4 Å². The molecule has 1 N–H and O–H groups in total. The lowest BCUT2D eigenvalue weighted by Crippen LogP contribution is -2.41. The number of para-hydroxylation sites is 1. The third-order valence-electron chi connectivity index (χ3n) is 5.00. The number of nitrogens with zero attached hydrogens (tertiary/aromatic N) is 2. The van der Waals surface area contributed by atoms with Gasteiger partial charge in [-0.05, 0) is 36.4 Å². The van der Waals surface area contributed by atoms with Crippen molar-refractivity contribution in [3.05, 3.63) is 54.6 Å². The molecule has 144 valence electrons. The topological polar surface area (TPSA) is 79.0 Å². The van der Waals surface area contributed by atoms with E-state index in [4.69, 9.17) is 4.74 Å². The van der Waals surface area contributed by atoms with Crippen molar-refractivity contribution in [2.24, 2.45) is 5.92 Å². The smallest absolute Gasteiger partial charge is 0.253 e. The number of carbonyl (C=O) groups is 3. The molecule has 0 saturated carbocycles. The van der Waals surface area contributed by atoms with E-state index in [1.807, 2.05) is 30.3 Å². The second kappa shape index (κ2) is 7.82. The van der Waals surface area contributed by atoms with Crippen LogP contribution in [0.15, 0.2) is 54.6 Å². The number of morpholine rings is 1. The van der Waals surface area contributed by atoms with E-state index >= 15 is 0 Å².